The summed E-state index contributed by atoms with van der Waals surface area (Å²) in [7, 11) is 1.70. The van der Waals surface area contributed by atoms with E-state index in [-0.39, 0.29) is 18.2 Å². The Labute approximate surface area is 132 Å². The van der Waals surface area contributed by atoms with Gasteiger partial charge >= 0.3 is 0 Å². The van der Waals surface area contributed by atoms with Crippen molar-refractivity contribution in [2.24, 2.45) is 11.0 Å². The zero-order valence-corrected chi connectivity index (χ0v) is 12.7. The molecule has 1 fully saturated rings. The maximum atomic E-state index is 13.4. The van der Waals surface area contributed by atoms with Crippen molar-refractivity contribution in [1.29, 1.82) is 0 Å². The van der Waals surface area contributed by atoms with Gasteiger partial charge in [-0.3, -0.25) is 9.59 Å². The van der Waals surface area contributed by atoms with E-state index in [0.29, 0.717) is 24.9 Å². The molecule has 2 aliphatic heterocycles. The highest BCUT2D eigenvalue weighted by molar-refractivity contribution is 5.88. The quantitative estimate of drug-likeness (QED) is 0.837. The van der Waals surface area contributed by atoms with E-state index in [2.05, 4.69) is 5.10 Å². The largest absolute Gasteiger partial charge is 0.346 e. The summed E-state index contributed by atoms with van der Waals surface area (Å²) in [5.41, 5.74) is 0.368. The third kappa shape index (κ3) is 3.09. The minimum atomic E-state index is -0.686. The lowest BCUT2D eigenvalue weighted by atomic mass is 9.94. The average Bonchev–Trinajstić information content (AvgIpc) is 2.98. The van der Waals surface area contributed by atoms with Crippen molar-refractivity contribution in [3.63, 3.8) is 0 Å². The second-order valence-electron chi connectivity index (χ2n) is 5.94. The maximum absolute atomic E-state index is 13.4. The first-order valence-corrected chi connectivity index (χ1v) is 7.51. The highest BCUT2D eigenvalue weighted by Crippen LogP contribution is 2.32. The van der Waals surface area contributed by atoms with Crippen LogP contribution in [0, 0.1) is 17.6 Å². The van der Waals surface area contributed by atoms with Gasteiger partial charge in [0.1, 0.15) is 11.6 Å². The summed E-state index contributed by atoms with van der Waals surface area (Å²) >= 11 is 0. The Bertz CT molecular complexity index is 657. The minimum Gasteiger partial charge on any atom is -0.346 e. The van der Waals surface area contributed by atoms with Crippen molar-refractivity contribution >= 4 is 18.0 Å². The van der Waals surface area contributed by atoms with E-state index in [4.69, 9.17) is 0 Å². The molecule has 0 spiro atoms. The van der Waals surface area contributed by atoms with Crippen molar-refractivity contribution in [3.05, 3.63) is 35.4 Å². The molecular weight excluding hydrogens is 304 g/mol. The fraction of sp³-hybridized carbons (Fsp3) is 0.438. The lowest BCUT2D eigenvalue weighted by molar-refractivity contribution is -0.145. The van der Waals surface area contributed by atoms with E-state index in [0.717, 1.165) is 6.07 Å². The molecule has 1 aromatic rings. The number of hydrogen-bond acceptors (Lipinski definition) is 3. The van der Waals surface area contributed by atoms with Crippen molar-refractivity contribution in [2.45, 2.75) is 25.3 Å². The van der Waals surface area contributed by atoms with E-state index in [1.54, 1.807) is 18.2 Å². The first-order chi connectivity index (χ1) is 11.0. The number of benzene rings is 1. The van der Waals surface area contributed by atoms with Gasteiger partial charge in [-0.2, -0.15) is 5.10 Å². The van der Waals surface area contributed by atoms with Crippen LogP contribution in [0.25, 0.3) is 0 Å². The predicted octanol–water partition coefficient (Wildman–Crippen LogP) is 2.09. The van der Waals surface area contributed by atoms with Crippen LogP contribution in [0.2, 0.25) is 0 Å². The number of hydrazone groups is 1. The lowest BCUT2D eigenvalue weighted by Crippen LogP contribution is -2.42. The maximum Gasteiger partial charge on any atom is 0.246 e. The van der Waals surface area contributed by atoms with Crippen LogP contribution in [0.5, 0.6) is 0 Å². The molecule has 0 unspecified atom stereocenters. The molecule has 0 N–H and O–H groups in total. The summed E-state index contributed by atoms with van der Waals surface area (Å²) in [5.74, 6) is -2.15. The average molecular weight is 321 g/mol. The molecule has 2 atom stereocenters. The molecular formula is C16H17F2N3O2. The van der Waals surface area contributed by atoms with Gasteiger partial charge in [0.15, 0.2) is 0 Å². The van der Waals surface area contributed by atoms with Gasteiger partial charge in [0, 0.05) is 38.7 Å². The third-order valence-corrected chi connectivity index (χ3v) is 4.33. The number of hydrogen-bond donors (Lipinski definition) is 0. The smallest absolute Gasteiger partial charge is 0.246 e. The number of rotatable bonds is 2. The molecule has 0 bridgehead atoms. The van der Waals surface area contributed by atoms with Gasteiger partial charge in [-0.15, -0.1) is 0 Å². The van der Waals surface area contributed by atoms with Crippen LogP contribution in [0.4, 0.5) is 8.78 Å². The summed E-state index contributed by atoms with van der Waals surface area (Å²) in [5, 5.41) is 5.32. The SMILES string of the molecule is CN1CC[C@H](C(=O)N2N=CC[C@@H]2c2cc(F)cc(F)c2)CC1=O. The zero-order chi connectivity index (χ0) is 16.6. The molecule has 7 heteroatoms. The molecule has 0 saturated carbocycles. The Morgan fingerprint density at radius 2 is 1.96 bits per heavy atom. The van der Waals surface area contributed by atoms with E-state index in [1.807, 2.05) is 0 Å². The van der Waals surface area contributed by atoms with Crippen molar-refractivity contribution in [2.75, 3.05) is 13.6 Å². The first-order valence-electron chi connectivity index (χ1n) is 7.51. The monoisotopic (exact) mass is 321 g/mol. The number of likely N-dealkylation sites (tertiary alicyclic amines) is 1. The fourth-order valence-electron chi connectivity index (χ4n) is 3.01. The second-order valence-corrected chi connectivity index (χ2v) is 5.94. The molecule has 2 amide bonds. The molecule has 122 valence electrons. The fourth-order valence-corrected chi connectivity index (χ4v) is 3.01. The molecule has 2 aliphatic rings. The summed E-state index contributed by atoms with van der Waals surface area (Å²) in [4.78, 5) is 26.0. The number of carbonyl (C=O) groups is 2. The molecule has 1 aromatic carbocycles. The van der Waals surface area contributed by atoms with E-state index in [1.165, 1.54) is 17.1 Å². The van der Waals surface area contributed by atoms with Crippen LogP contribution in [0.1, 0.15) is 30.9 Å². The van der Waals surface area contributed by atoms with Crippen LogP contribution in [-0.2, 0) is 9.59 Å². The van der Waals surface area contributed by atoms with Crippen LogP contribution in [0.3, 0.4) is 0 Å². The highest BCUT2D eigenvalue weighted by atomic mass is 19.1. The molecule has 3 rings (SSSR count). The van der Waals surface area contributed by atoms with Crippen molar-refractivity contribution < 1.29 is 18.4 Å². The Hall–Kier alpha value is -2.31. The highest BCUT2D eigenvalue weighted by Gasteiger charge is 2.36. The van der Waals surface area contributed by atoms with Gasteiger partial charge in [0.25, 0.3) is 0 Å². The van der Waals surface area contributed by atoms with E-state index in [9.17, 15) is 18.4 Å². The number of carbonyl (C=O) groups excluding carboxylic acids is 2. The predicted molar refractivity (Wildman–Crippen MR) is 79.4 cm³/mol. The molecule has 2 heterocycles. The first kappa shape index (κ1) is 15.6. The number of amides is 2. The molecule has 0 aliphatic carbocycles. The molecule has 0 radical (unpaired) electrons. The Kier molecular flexibility index (Phi) is 4.11. The Balaban J connectivity index is 1.79. The Morgan fingerprint density at radius 3 is 2.61 bits per heavy atom. The van der Waals surface area contributed by atoms with Gasteiger partial charge in [-0.1, -0.05) is 0 Å². The van der Waals surface area contributed by atoms with Gasteiger partial charge < -0.3 is 4.90 Å². The summed E-state index contributed by atoms with van der Waals surface area (Å²) in [6.07, 6.45) is 2.67. The standard InChI is InChI=1S/C16H17F2N3O2/c1-20-5-3-10(8-15(20)22)16(23)21-14(2-4-19-21)11-6-12(17)9-13(18)7-11/h4,6-7,9-10,14H,2-3,5,8H2,1H3/t10-,14+/m0/s1. The zero-order valence-electron chi connectivity index (χ0n) is 12.7. The van der Waals surface area contributed by atoms with Crippen LogP contribution in [0.15, 0.2) is 23.3 Å². The molecule has 1 saturated heterocycles. The normalized spacial score (nSPS) is 24.4. The van der Waals surface area contributed by atoms with Crippen LogP contribution in [-0.4, -0.2) is 41.5 Å². The number of piperidine rings is 1. The summed E-state index contributed by atoms with van der Waals surface area (Å²) in [6.45, 7) is 0.520. The molecule has 0 aromatic heterocycles. The van der Waals surface area contributed by atoms with Crippen molar-refractivity contribution in [3.8, 4) is 0 Å². The van der Waals surface area contributed by atoms with Gasteiger partial charge in [-0.05, 0) is 24.1 Å². The summed E-state index contributed by atoms with van der Waals surface area (Å²) < 4.78 is 26.8. The lowest BCUT2D eigenvalue weighted by Gasteiger charge is -2.31. The van der Waals surface area contributed by atoms with E-state index < -0.39 is 23.6 Å². The minimum absolute atomic E-state index is 0.0777. The van der Waals surface area contributed by atoms with Gasteiger partial charge in [0.05, 0.1) is 12.0 Å². The third-order valence-electron chi connectivity index (χ3n) is 4.33. The summed E-state index contributed by atoms with van der Waals surface area (Å²) in [6, 6.07) is 2.69. The molecule has 5 nitrogen and oxygen atoms in total. The van der Waals surface area contributed by atoms with Gasteiger partial charge in [0.2, 0.25) is 11.8 Å². The number of halogens is 2. The topological polar surface area (TPSA) is 53.0 Å². The van der Waals surface area contributed by atoms with Crippen LogP contribution < -0.4 is 0 Å². The van der Waals surface area contributed by atoms with E-state index >= 15 is 0 Å². The molecule has 23 heavy (non-hydrogen) atoms. The number of nitrogens with zero attached hydrogens (tertiary/aromatic N) is 3. The van der Waals surface area contributed by atoms with Crippen LogP contribution >= 0.6 is 0 Å². The van der Waals surface area contributed by atoms with Crippen molar-refractivity contribution in [1.82, 2.24) is 9.91 Å². The Morgan fingerprint density at radius 1 is 1.26 bits per heavy atom. The van der Waals surface area contributed by atoms with Gasteiger partial charge in [-0.25, -0.2) is 13.8 Å². The second kappa shape index (κ2) is 6.06.